The lowest BCUT2D eigenvalue weighted by Crippen LogP contribution is -2.31. The van der Waals surface area contributed by atoms with Crippen LogP contribution in [0.4, 0.5) is 11.4 Å². The second-order valence-electron chi connectivity index (χ2n) is 7.80. The molecule has 0 bridgehead atoms. The van der Waals surface area contributed by atoms with Gasteiger partial charge < -0.3 is 25.4 Å². The highest BCUT2D eigenvalue weighted by molar-refractivity contribution is 5.96. The third-order valence-corrected chi connectivity index (χ3v) is 5.07. The molecule has 0 aliphatic heterocycles. The van der Waals surface area contributed by atoms with Crippen LogP contribution >= 0.6 is 0 Å². The maximum Gasteiger partial charge on any atom is 0.251 e. The van der Waals surface area contributed by atoms with Gasteiger partial charge in [-0.3, -0.25) is 9.59 Å². The van der Waals surface area contributed by atoms with Crippen LogP contribution in [-0.2, 0) is 4.79 Å². The highest BCUT2D eigenvalue weighted by Crippen LogP contribution is 2.17. The van der Waals surface area contributed by atoms with Gasteiger partial charge in [-0.2, -0.15) is 0 Å². The quantitative estimate of drug-likeness (QED) is 0.340. The highest BCUT2D eigenvalue weighted by Gasteiger charge is 2.09. The van der Waals surface area contributed by atoms with Crippen LogP contribution in [0.25, 0.3) is 0 Å². The van der Waals surface area contributed by atoms with Gasteiger partial charge in [0.2, 0.25) is 5.91 Å². The van der Waals surface area contributed by atoms with Crippen molar-refractivity contribution in [2.75, 3.05) is 30.4 Å². The Labute approximate surface area is 200 Å². The number of nitrogens with one attached hydrogen (secondary N) is 3. The normalized spacial score (nSPS) is 11.2. The zero-order valence-corrected chi connectivity index (χ0v) is 19.5. The average molecular weight is 462 g/mol. The summed E-state index contributed by atoms with van der Waals surface area (Å²) in [5.41, 5.74) is 1.96. The molecule has 34 heavy (non-hydrogen) atoms. The molecule has 0 aliphatic rings. The van der Waals surface area contributed by atoms with E-state index in [1.54, 1.807) is 24.3 Å². The van der Waals surface area contributed by atoms with Crippen LogP contribution < -0.4 is 25.4 Å². The Hall–Kier alpha value is -4.00. The highest BCUT2D eigenvalue weighted by atomic mass is 16.5. The minimum atomic E-state index is -0.195. The second-order valence-corrected chi connectivity index (χ2v) is 7.80. The van der Waals surface area contributed by atoms with Gasteiger partial charge in [-0.15, -0.1) is 0 Å². The van der Waals surface area contributed by atoms with Crippen LogP contribution in [0, 0.1) is 0 Å². The number of benzene rings is 3. The molecule has 3 aromatic carbocycles. The fourth-order valence-electron chi connectivity index (χ4n) is 3.03. The average Bonchev–Trinajstić information content (AvgIpc) is 2.86. The maximum absolute atomic E-state index is 12.3. The molecule has 2 amide bonds. The maximum atomic E-state index is 12.3. The molecule has 0 saturated carbocycles. The van der Waals surface area contributed by atoms with E-state index in [2.05, 4.69) is 16.0 Å². The summed E-state index contributed by atoms with van der Waals surface area (Å²) in [6.45, 7) is 4.91. The first-order valence-corrected chi connectivity index (χ1v) is 11.4. The van der Waals surface area contributed by atoms with E-state index in [-0.39, 0.29) is 24.4 Å². The summed E-state index contributed by atoms with van der Waals surface area (Å²) in [6.07, 6.45) is 0.866. The summed E-state index contributed by atoms with van der Waals surface area (Å²) in [4.78, 5) is 24.5. The molecule has 0 saturated heterocycles. The van der Waals surface area contributed by atoms with E-state index in [1.807, 2.05) is 68.4 Å². The smallest absolute Gasteiger partial charge is 0.251 e. The number of anilines is 2. The monoisotopic (exact) mass is 461 g/mol. The molecule has 1 atom stereocenters. The Morgan fingerprint density at radius 3 is 2.21 bits per heavy atom. The lowest BCUT2D eigenvalue weighted by atomic mass is 10.1. The summed E-state index contributed by atoms with van der Waals surface area (Å²) in [5.74, 6) is 1.17. The van der Waals surface area contributed by atoms with E-state index in [0.29, 0.717) is 30.2 Å². The Kier molecular flexibility index (Phi) is 9.34. The van der Waals surface area contributed by atoms with Gasteiger partial charge in [-0.05, 0) is 61.9 Å². The van der Waals surface area contributed by atoms with Gasteiger partial charge in [0, 0.05) is 29.0 Å². The molecule has 0 aliphatic carbocycles. The number of carbonyl (C=O) groups excluding carboxylic acids is 2. The SMILES string of the molecule is CCC(C)NC(=O)c1ccc(NC(=O)CNc2cccc(OCCOc3ccccc3)c2)cc1. The van der Waals surface area contributed by atoms with Crippen molar-refractivity contribution in [3.8, 4) is 11.5 Å². The van der Waals surface area contributed by atoms with Gasteiger partial charge in [0.15, 0.2) is 0 Å². The Morgan fingerprint density at radius 2 is 1.50 bits per heavy atom. The molecule has 3 N–H and O–H groups in total. The van der Waals surface area contributed by atoms with E-state index in [9.17, 15) is 9.59 Å². The van der Waals surface area contributed by atoms with Crippen molar-refractivity contribution in [1.82, 2.24) is 5.32 Å². The molecule has 0 heterocycles. The third-order valence-electron chi connectivity index (χ3n) is 5.07. The zero-order chi connectivity index (χ0) is 24.2. The van der Waals surface area contributed by atoms with Crippen LogP contribution in [0.5, 0.6) is 11.5 Å². The third kappa shape index (κ3) is 8.16. The van der Waals surface area contributed by atoms with Crippen LogP contribution in [0.3, 0.4) is 0 Å². The number of rotatable bonds is 12. The summed E-state index contributed by atoms with van der Waals surface area (Å²) in [5, 5.41) is 8.83. The van der Waals surface area contributed by atoms with Gasteiger partial charge in [-0.25, -0.2) is 0 Å². The number of hydrogen-bond acceptors (Lipinski definition) is 5. The zero-order valence-electron chi connectivity index (χ0n) is 19.5. The molecular weight excluding hydrogens is 430 g/mol. The summed E-state index contributed by atoms with van der Waals surface area (Å²) < 4.78 is 11.4. The summed E-state index contributed by atoms with van der Waals surface area (Å²) in [7, 11) is 0. The van der Waals surface area contributed by atoms with E-state index < -0.39 is 0 Å². The minimum absolute atomic E-state index is 0.0941. The molecule has 178 valence electrons. The number of hydrogen-bond donors (Lipinski definition) is 3. The van der Waals surface area contributed by atoms with Crippen molar-refractivity contribution < 1.29 is 19.1 Å². The van der Waals surface area contributed by atoms with Crippen LogP contribution in [0.2, 0.25) is 0 Å². The molecule has 1 unspecified atom stereocenters. The van der Waals surface area contributed by atoms with Gasteiger partial charge in [0.05, 0.1) is 6.54 Å². The van der Waals surface area contributed by atoms with Crippen LogP contribution in [-0.4, -0.2) is 37.6 Å². The number of ether oxygens (including phenoxy) is 2. The number of amides is 2. The molecule has 3 rings (SSSR count). The molecule has 0 aromatic heterocycles. The summed E-state index contributed by atoms with van der Waals surface area (Å²) in [6, 6.07) is 23.9. The Balaban J connectivity index is 1.41. The largest absolute Gasteiger partial charge is 0.490 e. The van der Waals surface area contributed by atoms with Gasteiger partial charge in [-0.1, -0.05) is 31.2 Å². The molecule has 0 spiro atoms. The molecule has 0 radical (unpaired) electrons. The first-order valence-electron chi connectivity index (χ1n) is 11.4. The standard InChI is InChI=1S/C27H31N3O4/c1-3-20(2)29-27(32)21-12-14-22(15-13-21)30-26(31)19-28-23-8-7-11-25(18-23)34-17-16-33-24-9-5-4-6-10-24/h4-15,18,20,28H,3,16-17,19H2,1-2H3,(H,29,32)(H,30,31). The Bertz CT molecular complexity index is 1050. The van der Waals surface area contributed by atoms with Gasteiger partial charge in [0.1, 0.15) is 24.7 Å². The van der Waals surface area contributed by atoms with Crippen molar-refractivity contribution in [1.29, 1.82) is 0 Å². The lowest BCUT2D eigenvalue weighted by Gasteiger charge is -2.12. The van der Waals surface area contributed by atoms with Crippen molar-refractivity contribution in [3.63, 3.8) is 0 Å². The fourth-order valence-corrected chi connectivity index (χ4v) is 3.03. The first kappa shape index (κ1) is 24.6. The van der Waals surface area contributed by atoms with E-state index in [0.717, 1.165) is 17.9 Å². The van der Waals surface area contributed by atoms with Gasteiger partial charge in [0.25, 0.3) is 5.91 Å². The van der Waals surface area contributed by atoms with E-state index in [4.69, 9.17) is 9.47 Å². The molecule has 7 nitrogen and oxygen atoms in total. The predicted octanol–water partition coefficient (Wildman–Crippen LogP) is 4.72. The predicted molar refractivity (Wildman–Crippen MR) is 135 cm³/mol. The first-order chi connectivity index (χ1) is 16.5. The second kappa shape index (κ2) is 12.9. The molecule has 7 heteroatoms. The molecule has 0 fully saturated rings. The molecule has 3 aromatic rings. The van der Waals surface area contributed by atoms with Crippen LogP contribution in [0.15, 0.2) is 78.9 Å². The van der Waals surface area contributed by atoms with Crippen molar-refractivity contribution >= 4 is 23.2 Å². The summed E-state index contributed by atoms with van der Waals surface area (Å²) >= 11 is 0. The van der Waals surface area contributed by atoms with Crippen LogP contribution in [0.1, 0.15) is 30.6 Å². The molecular formula is C27H31N3O4. The lowest BCUT2D eigenvalue weighted by molar-refractivity contribution is -0.114. The van der Waals surface area contributed by atoms with Gasteiger partial charge >= 0.3 is 0 Å². The van der Waals surface area contributed by atoms with Crippen molar-refractivity contribution in [2.24, 2.45) is 0 Å². The Morgan fingerprint density at radius 1 is 0.824 bits per heavy atom. The fraction of sp³-hybridized carbons (Fsp3) is 0.259. The number of para-hydroxylation sites is 1. The minimum Gasteiger partial charge on any atom is -0.490 e. The van der Waals surface area contributed by atoms with Crippen molar-refractivity contribution in [3.05, 3.63) is 84.4 Å². The topological polar surface area (TPSA) is 88.7 Å². The van der Waals surface area contributed by atoms with Crippen molar-refractivity contribution in [2.45, 2.75) is 26.3 Å². The number of carbonyl (C=O) groups is 2. The van der Waals surface area contributed by atoms with E-state index in [1.165, 1.54) is 0 Å². The van der Waals surface area contributed by atoms with E-state index >= 15 is 0 Å².